The Morgan fingerprint density at radius 2 is 2.09 bits per heavy atom. The van der Waals surface area contributed by atoms with Crippen LogP contribution < -0.4 is 5.59 Å². The van der Waals surface area contributed by atoms with Crippen LogP contribution in [0.3, 0.4) is 0 Å². The SMILES string of the molecule is OBc1cc2ccccc2[nH]1. The molecule has 0 unspecified atom stereocenters. The van der Waals surface area contributed by atoms with E-state index in [1.807, 2.05) is 30.3 Å². The van der Waals surface area contributed by atoms with Crippen molar-refractivity contribution in [2.24, 2.45) is 0 Å². The molecule has 0 aliphatic heterocycles. The molecule has 2 aromatic rings. The Balaban J connectivity index is 2.69. The molecular weight excluding hydrogens is 137 g/mol. The van der Waals surface area contributed by atoms with Crippen LogP contribution in [0.4, 0.5) is 0 Å². The summed E-state index contributed by atoms with van der Waals surface area (Å²) in [5, 5.41) is 9.96. The lowest BCUT2D eigenvalue weighted by Crippen LogP contribution is -2.13. The largest absolute Gasteiger partial charge is 0.448 e. The van der Waals surface area contributed by atoms with Gasteiger partial charge in [0.25, 0.3) is 0 Å². The summed E-state index contributed by atoms with van der Waals surface area (Å²) in [4.78, 5) is 3.10. The zero-order chi connectivity index (χ0) is 7.68. The van der Waals surface area contributed by atoms with Crippen LogP contribution in [0.2, 0.25) is 0 Å². The second kappa shape index (κ2) is 2.44. The molecule has 0 radical (unpaired) electrons. The molecule has 0 atom stereocenters. The Hall–Kier alpha value is -1.22. The Bertz CT molecular complexity index is 336. The van der Waals surface area contributed by atoms with Crippen molar-refractivity contribution in [1.29, 1.82) is 0 Å². The summed E-state index contributed by atoms with van der Waals surface area (Å²) >= 11 is 0. The van der Waals surface area contributed by atoms with Gasteiger partial charge in [0.2, 0.25) is 0 Å². The lowest BCUT2D eigenvalue weighted by Gasteiger charge is -1.84. The van der Waals surface area contributed by atoms with Gasteiger partial charge in [-0.2, -0.15) is 0 Å². The predicted octanol–water partition coefficient (Wildman–Crippen LogP) is 0.137. The fourth-order valence-electron chi connectivity index (χ4n) is 1.22. The first-order valence-electron chi connectivity index (χ1n) is 3.57. The van der Waals surface area contributed by atoms with Crippen molar-refractivity contribution in [3.63, 3.8) is 0 Å². The number of aromatic amines is 1. The quantitative estimate of drug-likeness (QED) is 0.550. The molecule has 0 fully saturated rings. The van der Waals surface area contributed by atoms with Crippen LogP contribution in [0, 0.1) is 0 Å². The molecular formula is C8H8BNO. The van der Waals surface area contributed by atoms with Crippen molar-refractivity contribution in [3.05, 3.63) is 30.3 Å². The number of hydrogen-bond donors (Lipinski definition) is 2. The third-order valence-corrected chi connectivity index (χ3v) is 1.76. The molecule has 11 heavy (non-hydrogen) atoms. The molecule has 0 amide bonds. The molecule has 1 aromatic carbocycles. The normalized spacial score (nSPS) is 10.3. The number of rotatable bonds is 1. The van der Waals surface area contributed by atoms with Crippen LogP contribution in [0.5, 0.6) is 0 Å². The molecule has 0 bridgehead atoms. The molecule has 1 aromatic heterocycles. The lowest BCUT2D eigenvalue weighted by molar-refractivity contribution is 0.614. The highest BCUT2D eigenvalue weighted by molar-refractivity contribution is 6.45. The van der Waals surface area contributed by atoms with Gasteiger partial charge in [-0.05, 0) is 17.5 Å². The van der Waals surface area contributed by atoms with Gasteiger partial charge in [-0.3, -0.25) is 0 Å². The van der Waals surface area contributed by atoms with Crippen molar-refractivity contribution in [1.82, 2.24) is 4.98 Å². The van der Waals surface area contributed by atoms with Crippen LogP contribution in [0.1, 0.15) is 0 Å². The number of fused-ring (bicyclic) bond motifs is 1. The monoisotopic (exact) mass is 145 g/mol. The maximum Gasteiger partial charge on any atom is 0.322 e. The summed E-state index contributed by atoms with van der Waals surface area (Å²) in [6.07, 6.45) is 0. The highest BCUT2D eigenvalue weighted by atomic mass is 16.2. The Kier molecular flexibility index (Phi) is 1.44. The number of benzene rings is 1. The van der Waals surface area contributed by atoms with Crippen molar-refractivity contribution in [2.75, 3.05) is 0 Å². The zero-order valence-corrected chi connectivity index (χ0v) is 6.04. The minimum absolute atomic E-state index is 0.0781. The molecule has 0 saturated carbocycles. The van der Waals surface area contributed by atoms with E-state index >= 15 is 0 Å². The minimum atomic E-state index is 0.0781. The van der Waals surface area contributed by atoms with E-state index in [0.717, 1.165) is 16.5 Å². The van der Waals surface area contributed by atoms with E-state index < -0.39 is 0 Å². The van der Waals surface area contributed by atoms with Crippen molar-refractivity contribution in [2.45, 2.75) is 0 Å². The summed E-state index contributed by atoms with van der Waals surface area (Å²) in [5.41, 5.74) is 1.95. The maximum atomic E-state index is 8.81. The number of para-hydroxylation sites is 1. The summed E-state index contributed by atoms with van der Waals surface area (Å²) in [6.45, 7) is 0. The number of hydrogen-bond acceptors (Lipinski definition) is 1. The average Bonchev–Trinajstić information content (AvgIpc) is 2.46. The molecule has 1 heterocycles. The topological polar surface area (TPSA) is 36.0 Å². The summed E-state index contributed by atoms with van der Waals surface area (Å²) in [6, 6.07) is 9.92. The van der Waals surface area contributed by atoms with Gasteiger partial charge >= 0.3 is 7.48 Å². The molecule has 2 rings (SSSR count). The Labute approximate surface area is 65.1 Å². The number of H-pyrrole nitrogens is 1. The zero-order valence-electron chi connectivity index (χ0n) is 6.04. The average molecular weight is 145 g/mol. The second-order valence-electron chi connectivity index (χ2n) is 2.54. The summed E-state index contributed by atoms with van der Waals surface area (Å²) in [5.74, 6) is 0. The third kappa shape index (κ3) is 1.03. The second-order valence-corrected chi connectivity index (χ2v) is 2.54. The Morgan fingerprint density at radius 1 is 1.27 bits per heavy atom. The fraction of sp³-hybridized carbons (Fsp3) is 0. The minimum Gasteiger partial charge on any atom is -0.448 e. The van der Waals surface area contributed by atoms with E-state index in [0.29, 0.717) is 0 Å². The van der Waals surface area contributed by atoms with E-state index in [9.17, 15) is 0 Å². The van der Waals surface area contributed by atoms with Gasteiger partial charge in [0.1, 0.15) is 0 Å². The van der Waals surface area contributed by atoms with Crippen LogP contribution in [0.15, 0.2) is 30.3 Å². The lowest BCUT2D eigenvalue weighted by atomic mass is 9.97. The van der Waals surface area contributed by atoms with E-state index in [2.05, 4.69) is 4.98 Å². The molecule has 3 heteroatoms. The van der Waals surface area contributed by atoms with E-state index in [1.165, 1.54) is 0 Å². The highest BCUT2D eigenvalue weighted by Crippen LogP contribution is 2.08. The molecule has 0 spiro atoms. The predicted molar refractivity (Wildman–Crippen MR) is 47.3 cm³/mol. The highest BCUT2D eigenvalue weighted by Gasteiger charge is 1.97. The van der Waals surface area contributed by atoms with Crippen molar-refractivity contribution in [3.8, 4) is 0 Å². The molecule has 2 N–H and O–H groups in total. The van der Waals surface area contributed by atoms with Gasteiger partial charge in [0.15, 0.2) is 0 Å². The van der Waals surface area contributed by atoms with Crippen LogP contribution in [0.25, 0.3) is 10.9 Å². The van der Waals surface area contributed by atoms with Gasteiger partial charge in [-0.15, -0.1) is 0 Å². The van der Waals surface area contributed by atoms with E-state index in [-0.39, 0.29) is 7.48 Å². The van der Waals surface area contributed by atoms with Crippen LogP contribution in [-0.2, 0) is 0 Å². The number of aromatic nitrogens is 1. The van der Waals surface area contributed by atoms with Gasteiger partial charge in [-0.25, -0.2) is 0 Å². The van der Waals surface area contributed by atoms with Gasteiger partial charge < -0.3 is 10.0 Å². The fourth-order valence-corrected chi connectivity index (χ4v) is 1.22. The van der Waals surface area contributed by atoms with Gasteiger partial charge in [0.05, 0.1) is 0 Å². The van der Waals surface area contributed by atoms with Crippen LogP contribution in [-0.4, -0.2) is 17.5 Å². The first kappa shape index (κ1) is 6.49. The summed E-state index contributed by atoms with van der Waals surface area (Å²) in [7, 11) is 0.0781. The molecule has 54 valence electrons. The van der Waals surface area contributed by atoms with E-state index in [4.69, 9.17) is 5.02 Å². The van der Waals surface area contributed by atoms with Crippen molar-refractivity contribution >= 4 is 24.0 Å². The first-order valence-corrected chi connectivity index (χ1v) is 3.57. The molecule has 0 aliphatic carbocycles. The molecule has 0 aliphatic rings. The standard InChI is InChI=1S/C8H8BNO/c11-9-8-5-6-3-1-2-4-7(6)10-8/h1-5,9-11H. The summed E-state index contributed by atoms with van der Waals surface area (Å²) < 4.78 is 0. The van der Waals surface area contributed by atoms with Gasteiger partial charge in [-0.1, -0.05) is 18.2 Å². The smallest absolute Gasteiger partial charge is 0.322 e. The van der Waals surface area contributed by atoms with Gasteiger partial charge in [0, 0.05) is 11.1 Å². The maximum absolute atomic E-state index is 8.81. The Morgan fingerprint density at radius 3 is 2.82 bits per heavy atom. The van der Waals surface area contributed by atoms with Crippen molar-refractivity contribution < 1.29 is 5.02 Å². The number of nitrogens with one attached hydrogen (secondary N) is 1. The third-order valence-electron chi connectivity index (χ3n) is 1.76. The van der Waals surface area contributed by atoms with Crippen LogP contribution >= 0.6 is 0 Å². The van der Waals surface area contributed by atoms with E-state index in [1.54, 1.807) is 0 Å². The first-order chi connectivity index (χ1) is 5.40. The molecule has 2 nitrogen and oxygen atoms in total. The molecule has 0 saturated heterocycles.